The summed E-state index contributed by atoms with van der Waals surface area (Å²) in [6, 6.07) is 0. The van der Waals surface area contributed by atoms with E-state index in [0.29, 0.717) is 24.0 Å². The highest BCUT2D eigenvalue weighted by atomic mass is 16.5. The summed E-state index contributed by atoms with van der Waals surface area (Å²) in [5.41, 5.74) is 0.725. The molecule has 0 amide bonds. The number of rotatable bonds is 3. The number of ether oxygens (including phenoxy) is 2. The average molecular weight is 356 g/mol. The number of aliphatic hydroxyl groups is 1. The highest BCUT2D eigenvalue weighted by Crippen LogP contribution is 2.41. The zero-order chi connectivity index (χ0) is 18.7. The van der Waals surface area contributed by atoms with Crippen LogP contribution in [-0.2, 0) is 23.9 Å². The molecule has 26 heavy (non-hydrogen) atoms. The molecule has 136 valence electrons. The van der Waals surface area contributed by atoms with Crippen LogP contribution in [-0.4, -0.2) is 41.5 Å². The monoisotopic (exact) mass is 356 g/mol. The van der Waals surface area contributed by atoms with Crippen LogP contribution in [0.4, 0.5) is 0 Å². The summed E-state index contributed by atoms with van der Waals surface area (Å²) in [7, 11) is 0. The van der Waals surface area contributed by atoms with Crippen LogP contribution in [0.2, 0.25) is 0 Å². The van der Waals surface area contributed by atoms with Gasteiger partial charge in [-0.25, -0.2) is 4.79 Å². The summed E-state index contributed by atoms with van der Waals surface area (Å²) in [5.74, 6) is -1.01. The minimum Gasteiger partial charge on any atom is -0.485 e. The minimum atomic E-state index is -0.692. The van der Waals surface area contributed by atoms with E-state index in [1.54, 1.807) is 31.2 Å². The molecule has 6 nitrogen and oxygen atoms in total. The van der Waals surface area contributed by atoms with E-state index in [1.165, 1.54) is 18.2 Å². The number of hydrogen-bond acceptors (Lipinski definition) is 6. The molecule has 0 aromatic rings. The second kappa shape index (κ2) is 7.66. The Balaban J connectivity index is 2.07. The molecular weight excluding hydrogens is 336 g/mol. The van der Waals surface area contributed by atoms with E-state index in [4.69, 9.17) is 9.47 Å². The first-order valence-electron chi connectivity index (χ1n) is 8.52. The molecule has 3 aliphatic rings. The molecule has 0 saturated carbocycles. The fourth-order valence-corrected chi connectivity index (χ4v) is 3.38. The predicted molar refractivity (Wildman–Crippen MR) is 92.8 cm³/mol. The van der Waals surface area contributed by atoms with Gasteiger partial charge in [-0.1, -0.05) is 18.2 Å². The largest absolute Gasteiger partial charge is 0.485 e. The number of hydrogen-bond donors (Lipinski definition) is 1. The number of aliphatic hydroxyl groups excluding tert-OH is 1. The lowest BCUT2D eigenvalue weighted by Gasteiger charge is -2.26. The van der Waals surface area contributed by atoms with Crippen molar-refractivity contribution in [3.63, 3.8) is 0 Å². The van der Waals surface area contributed by atoms with Crippen LogP contribution < -0.4 is 0 Å². The number of cyclic esters (lactones) is 1. The molecule has 1 N–H and O–H groups in total. The second-order valence-corrected chi connectivity index (χ2v) is 6.44. The predicted octanol–water partition coefficient (Wildman–Crippen LogP) is 1.72. The Labute approximate surface area is 151 Å². The number of ketones is 1. The molecule has 0 aromatic carbocycles. The molecule has 2 heterocycles. The topological polar surface area (TPSA) is 89.9 Å². The first-order valence-corrected chi connectivity index (χ1v) is 8.52. The van der Waals surface area contributed by atoms with Gasteiger partial charge in [0.2, 0.25) is 0 Å². The maximum absolute atomic E-state index is 12.8. The Hall–Kier alpha value is -2.73. The van der Waals surface area contributed by atoms with E-state index in [1.807, 2.05) is 0 Å². The van der Waals surface area contributed by atoms with Crippen LogP contribution in [0.15, 0.2) is 59.4 Å². The Morgan fingerprint density at radius 2 is 2.00 bits per heavy atom. The number of carbonyl (C=O) groups is 3. The van der Waals surface area contributed by atoms with Crippen molar-refractivity contribution in [2.75, 3.05) is 0 Å². The van der Waals surface area contributed by atoms with Gasteiger partial charge in [-0.05, 0) is 37.6 Å². The SMILES string of the molecule is C[C@H]1C[C@@H](O)C/C=C2\C(=O)C=C[C@@H]3OC(/C=C/C=C/C=O)=C(C(=O)O1)[C@H]23. The van der Waals surface area contributed by atoms with Crippen molar-refractivity contribution in [2.24, 2.45) is 5.92 Å². The van der Waals surface area contributed by atoms with Crippen molar-refractivity contribution in [3.8, 4) is 0 Å². The van der Waals surface area contributed by atoms with Gasteiger partial charge in [0.05, 0.1) is 17.6 Å². The summed E-state index contributed by atoms with van der Waals surface area (Å²) >= 11 is 0. The summed E-state index contributed by atoms with van der Waals surface area (Å²) in [5, 5.41) is 10.1. The lowest BCUT2D eigenvalue weighted by atomic mass is 9.80. The summed E-state index contributed by atoms with van der Waals surface area (Å²) in [6.45, 7) is 1.72. The second-order valence-electron chi connectivity index (χ2n) is 6.44. The summed E-state index contributed by atoms with van der Waals surface area (Å²) in [6.07, 6.45) is 10.4. The van der Waals surface area contributed by atoms with Gasteiger partial charge in [0.15, 0.2) is 5.78 Å². The lowest BCUT2D eigenvalue weighted by Crippen LogP contribution is -2.32. The van der Waals surface area contributed by atoms with E-state index in [2.05, 4.69) is 0 Å². The van der Waals surface area contributed by atoms with Gasteiger partial charge < -0.3 is 14.6 Å². The van der Waals surface area contributed by atoms with Gasteiger partial charge in [-0.3, -0.25) is 9.59 Å². The van der Waals surface area contributed by atoms with Gasteiger partial charge in [0, 0.05) is 12.0 Å². The average Bonchev–Trinajstić information content (AvgIpc) is 2.95. The molecule has 4 atom stereocenters. The summed E-state index contributed by atoms with van der Waals surface area (Å²) < 4.78 is 11.3. The van der Waals surface area contributed by atoms with Crippen LogP contribution in [0.25, 0.3) is 0 Å². The number of aldehydes is 1. The molecule has 0 bridgehead atoms. The van der Waals surface area contributed by atoms with Gasteiger partial charge in [-0.2, -0.15) is 0 Å². The maximum Gasteiger partial charge on any atom is 0.338 e. The van der Waals surface area contributed by atoms with Gasteiger partial charge >= 0.3 is 5.97 Å². The minimum absolute atomic E-state index is 0.202. The van der Waals surface area contributed by atoms with Gasteiger partial charge in [-0.15, -0.1) is 0 Å². The van der Waals surface area contributed by atoms with Crippen LogP contribution in [0, 0.1) is 5.92 Å². The highest BCUT2D eigenvalue weighted by Gasteiger charge is 2.45. The van der Waals surface area contributed by atoms with Gasteiger partial charge in [0.1, 0.15) is 24.3 Å². The zero-order valence-corrected chi connectivity index (χ0v) is 14.3. The first-order chi connectivity index (χ1) is 12.5. The van der Waals surface area contributed by atoms with Gasteiger partial charge in [0.25, 0.3) is 0 Å². The third kappa shape index (κ3) is 3.60. The molecule has 0 radical (unpaired) electrons. The molecule has 0 aromatic heterocycles. The molecule has 6 heteroatoms. The van der Waals surface area contributed by atoms with Crippen LogP contribution in [0.5, 0.6) is 0 Å². The van der Waals surface area contributed by atoms with E-state index in [-0.39, 0.29) is 17.8 Å². The van der Waals surface area contributed by atoms with Crippen molar-refractivity contribution in [3.05, 3.63) is 59.4 Å². The highest BCUT2D eigenvalue weighted by molar-refractivity contribution is 6.08. The van der Waals surface area contributed by atoms with Crippen LogP contribution >= 0.6 is 0 Å². The molecule has 0 spiro atoms. The quantitative estimate of drug-likeness (QED) is 0.358. The fraction of sp³-hybridized carbons (Fsp3) is 0.350. The van der Waals surface area contributed by atoms with Crippen molar-refractivity contribution >= 4 is 18.0 Å². The third-order valence-electron chi connectivity index (χ3n) is 4.52. The van der Waals surface area contributed by atoms with E-state index in [0.717, 1.165) is 0 Å². The number of carbonyl (C=O) groups excluding carboxylic acids is 3. The molecule has 0 fully saturated rings. The maximum atomic E-state index is 12.8. The molecule has 3 rings (SSSR count). The van der Waals surface area contributed by atoms with Crippen molar-refractivity contribution in [1.82, 2.24) is 0 Å². The molecule has 0 saturated heterocycles. The summed E-state index contributed by atoms with van der Waals surface area (Å²) in [4.78, 5) is 35.5. The molecular formula is C20H20O6. The van der Waals surface area contributed by atoms with Crippen molar-refractivity contribution in [1.29, 1.82) is 0 Å². The Morgan fingerprint density at radius 3 is 2.77 bits per heavy atom. The van der Waals surface area contributed by atoms with Crippen molar-refractivity contribution in [2.45, 2.75) is 38.1 Å². The Morgan fingerprint density at radius 1 is 1.19 bits per heavy atom. The first kappa shape index (κ1) is 18.1. The van der Waals surface area contributed by atoms with E-state index in [9.17, 15) is 19.5 Å². The van der Waals surface area contributed by atoms with Crippen molar-refractivity contribution < 1.29 is 29.0 Å². The van der Waals surface area contributed by atoms with E-state index >= 15 is 0 Å². The van der Waals surface area contributed by atoms with E-state index < -0.39 is 30.2 Å². The lowest BCUT2D eigenvalue weighted by molar-refractivity contribution is -0.145. The Bertz CT molecular complexity index is 767. The van der Waals surface area contributed by atoms with Crippen LogP contribution in [0.1, 0.15) is 19.8 Å². The molecule has 1 aliphatic carbocycles. The normalized spacial score (nSPS) is 33.7. The number of esters is 1. The zero-order valence-electron chi connectivity index (χ0n) is 14.3. The molecule has 0 unspecified atom stereocenters. The number of allylic oxidation sites excluding steroid dienone is 5. The third-order valence-corrected chi connectivity index (χ3v) is 4.52. The van der Waals surface area contributed by atoms with Crippen LogP contribution in [0.3, 0.4) is 0 Å². The molecule has 2 aliphatic heterocycles. The smallest absolute Gasteiger partial charge is 0.338 e. The Kier molecular flexibility index (Phi) is 5.32. The standard InChI is InChI=1S/C20H20O6/c1-12-11-13(22)6-7-14-15(23)8-9-17-18(14)19(20(24)25-12)16(26-17)5-3-2-4-10-21/h2-5,7-10,12-13,17-18,22H,6,11H2,1H3/b4-2+,5-3+,14-7+/t12-,13-,17-,18+/m0/s1. The fourth-order valence-electron chi connectivity index (χ4n) is 3.38.